The lowest BCUT2D eigenvalue weighted by Crippen LogP contribution is -2.31. The van der Waals surface area contributed by atoms with Gasteiger partial charge in [0.05, 0.1) is 10.6 Å². The summed E-state index contributed by atoms with van der Waals surface area (Å²) in [4.78, 5) is 16.3. The van der Waals surface area contributed by atoms with Gasteiger partial charge in [-0.3, -0.25) is 4.79 Å². The number of halogens is 3. The molecular formula is C15H14ClF2N3O3. The van der Waals surface area contributed by atoms with Crippen molar-refractivity contribution in [3.63, 3.8) is 0 Å². The Kier molecular flexibility index (Phi) is 4.77. The van der Waals surface area contributed by atoms with Gasteiger partial charge in [0.2, 0.25) is 0 Å². The standard InChI is InChI=1S/C15H14ClF2N3O3/c1-7-20-15(24-21-7)13-8(2-3-23-13)6-19-14(22)9-4-11(17)12(18)5-10(9)16/h4-5,8,13H,2-3,6H2,1H3,(H,19,22)/t8-,13-/m0/s1. The van der Waals surface area contributed by atoms with Gasteiger partial charge in [0.1, 0.15) is 6.10 Å². The molecule has 1 aliphatic rings. The van der Waals surface area contributed by atoms with E-state index >= 15 is 0 Å². The van der Waals surface area contributed by atoms with Crippen molar-refractivity contribution in [3.05, 3.63) is 46.1 Å². The first-order valence-corrected chi connectivity index (χ1v) is 7.68. The van der Waals surface area contributed by atoms with Gasteiger partial charge in [-0.15, -0.1) is 0 Å². The smallest absolute Gasteiger partial charge is 0.256 e. The summed E-state index contributed by atoms with van der Waals surface area (Å²) in [7, 11) is 0. The van der Waals surface area contributed by atoms with E-state index in [1.807, 2.05) is 0 Å². The van der Waals surface area contributed by atoms with E-state index in [2.05, 4.69) is 15.5 Å². The van der Waals surface area contributed by atoms with Gasteiger partial charge in [-0.25, -0.2) is 8.78 Å². The molecule has 128 valence electrons. The number of aryl methyl sites for hydroxylation is 1. The highest BCUT2D eigenvalue weighted by molar-refractivity contribution is 6.33. The summed E-state index contributed by atoms with van der Waals surface area (Å²) >= 11 is 5.79. The van der Waals surface area contributed by atoms with Gasteiger partial charge in [0.25, 0.3) is 11.8 Å². The quantitative estimate of drug-likeness (QED) is 0.851. The Hall–Kier alpha value is -2.06. The number of amides is 1. The summed E-state index contributed by atoms with van der Waals surface area (Å²) in [6, 6.07) is 1.55. The minimum absolute atomic E-state index is 0.0714. The maximum atomic E-state index is 13.3. The Morgan fingerprint density at radius 2 is 2.17 bits per heavy atom. The van der Waals surface area contributed by atoms with E-state index in [0.717, 1.165) is 12.1 Å². The SMILES string of the molecule is Cc1noc([C@H]2OCC[C@H]2CNC(=O)c2cc(F)c(F)cc2Cl)n1. The number of nitrogens with zero attached hydrogens (tertiary/aromatic N) is 2. The Labute approximate surface area is 141 Å². The van der Waals surface area contributed by atoms with E-state index in [4.69, 9.17) is 20.9 Å². The predicted molar refractivity (Wildman–Crippen MR) is 79.5 cm³/mol. The van der Waals surface area contributed by atoms with Crippen molar-refractivity contribution in [1.82, 2.24) is 15.5 Å². The molecule has 1 aliphatic heterocycles. The van der Waals surface area contributed by atoms with Crippen molar-refractivity contribution < 1.29 is 22.8 Å². The fourth-order valence-corrected chi connectivity index (χ4v) is 2.80. The molecule has 6 nitrogen and oxygen atoms in total. The molecule has 3 rings (SSSR count). The summed E-state index contributed by atoms with van der Waals surface area (Å²) in [5.41, 5.74) is -0.125. The summed E-state index contributed by atoms with van der Waals surface area (Å²) in [6.45, 7) is 2.45. The van der Waals surface area contributed by atoms with Crippen molar-refractivity contribution in [2.45, 2.75) is 19.4 Å². The fourth-order valence-electron chi connectivity index (χ4n) is 2.56. The fraction of sp³-hybridized carbons (Fsp3) is 0.400. The van der Waals surface area contributed by atoms with E-state index in [1.54, 1.807) is 6.92 Å². The van der Waals surface area contributed by atoms with E-state index in [9.17, 15) is 13.6 Å². The van der Waals surface area contributed by atoms with Crippen molar-refractivity contribution in [1.29, 1.82) is 0 Å². The Bertz CT molecular complexity index is 768. The topological polar surface area (TPSA) is 77.3 Å². The summed E-state index contributed by atoms with van der Waals surface area (Å²) in [5, 5.41) is 6.22. The number of carbonyl (C=O) groups excluding carboxylic acids is 1. The lowest BCUT2D eigenvalue weighted by Gasteiger charge is -2.16. The molecule has 0 radical (unpaired) electrons. The van der Waals surface area contributed by atoms with Crippen LogP contribution in [0.4, 0.5) is 8.78 Å². The molecule has 0 spiro atoms. The number of hydrogen-bond donors (Lipinski definition) is 1. The van der Waals surface area contributed by atoms with Crippen LogP contribution in [0.25, 0.3) is 0 Å². The molecule has 0 unspecified atom stereocenters. The van der Waals surface area contributed by atoms with Crippen molar-refractivity contribution in [3.8, 4) is 0 Å². The number of ether oxygens (including phenoxy) is 1. The molecule has 0 aliphatic carbocycles. The average molecular weight is 358 g/mol. The monoisotopic (exact) mass is 357 g/mol. The van der Waals surface area contributed by atoms with Crippen LogP contribution in [0.3, 0.4) is 0 Å². The lowest BCUT2D eigenvalue weighted by atomic mass is 10.0. The molecule has 24 heavy (non-hydrogen) atoms. The zero-order chi connectivity index (χ0) is 17.3. The second kappa shape index (κ2) is 6.82. The second-order valence-corrected chi connectivity index (χ2v) is 5.88. The zero-order valence-corrected chi connectivity index (χ0v) is 13.4. The Morgan fingerprint density at radius 3 is 2.88 bits per heavy atom. The third-order valence-corrected chi connectivity index (χ3v) is 4.09. The lowest BCUT2D eigenvalue weighted by molar-refractivity contribution is 0.0613. The largest absolute Gasteiger partial charge is 0.368 e. The summed E-state index contributed by atoms with van der Waals surface area (Å²) in [6.07, 6.45) is 0.282. The molecule has 1 saturated heterocycles. The molecule has 2 aromatic rings. The number of aromatic nitrogens is 2. The van der Waals surface area contributed by atoms with Gasteiger partial charge in [0.15, 0.2) is 17.5 Å². The third-order valence-electron chi connectivity index (χ3n) is 3.78. The molecule has 0 saturated carbocycles. The number of hydrogen-bond acceptors (Lipinski definition) is 5. The molecule has 2 atom stereocenters. The van der Waals surface area contributed by atoms with Crippen LogP contribution in [-0.4, -0.2) is 29.2 Å². The van der Waals surface area contributed by atoms with Gasteiger partial charge >= 0.3 is 0 Å². The average Bonchev–Trinajstić information content (AvgIpc) is 3.16. The minimum atomic E-state index is -1.13. The highest BCUT2D eigenvalue weighted by atomic mass is 35.5. The molecule has 1 aromatic carbocycles. The number of nitrogens with one attached hydrogen (secondary N) is 1. The van der Waals surface area contributed by atoms with Crippen LogP contribution in [0, 0.1) is 24.5 Å². The minimum Gasteiger partial charge on any atom is -0.368 e. The molecular weight excluding hydrogens is 344 g/mol. The normalized spacial score (nSPS) is 20.3. The van der Waals surface area contributed by atoms with Crippen molar-refractivity contribution >= 4 is 17.5 Å². The van der Waals surface area contributed by atoms with Crippen molar-refractivity contribution in [2.24, 2.45) is 5.92 Å². The molecule has 1 aromatic heterocycles. The molecule has 1 N–H and O–H groups in total. The first-order chi connectivity index (χ1) is 11.5. The number of benzene rings is 1. The van der Waals surface area contributed by atoms with Crippen LogP contribution >= 0.6 is 11.6 Å². The third kappa shape index (κ3) is 3.39. The summed E-state index contributed by atoms with van der Waals surface area (Å²) < 4.78 is 37.0. The molecule has 1 fully saturated rings. The molecule has 0 bridgehead atoms. The second-order valence-electron chi connectivity index (χ2n) is 5.48. The number of carbonyl (C=O) groups is 1. The first kappa shape index (κ1) is 16.8. The van der Waals surface area contributed by atoms with Gasteiger partial charge < -0.3 is 14.6 Å². The zero-order valence-electron chi connectivity index (χ0n) is 12.7. The maximum Gasteiger partial charge on any atom is 0.256 e. The van der Waals surface area contributed by atoms with Gasteiger partial charge in [-0.1, -0.05) is 16.8 Å². The highest BCUT2D eigenvalue weighted by Gasteiger charge is 2.34. The first-order valence-electron chi connectivity index (χ1n) is 7.30. The van der Waals surface area contributed by atoms with E-state index < -0.39 is 23.6 Å². The van der Waals surface area contributed by atoms with Crippen LogP contribution in [0.2, 0.25) is 5.02 Å². The summed E-state index contributed by atoms with van der Waals surface area (Å²) in [5.74, 6) is -2.04. The van der Waals surface area contributed by atoms with E-state index in [1.165, 1.54) is 0 Å². The number of rotatable bonds is 4. The Balaban J connectivity index is 1.66. The van der Waals surface area contributed by atoms with Crippen LogP contribution in [0.5, 0.6) is 0 Å². The molecule has 1 amide bonds. The molecule has 2 heterocycles. The van der Waals surface area contributed by atoms with E-state index in [0.29, 0.717) is 24.7 Å². The van der Waals surface area contributed by atoms with Crippen LogP contribution < -0.4 is 5.32 Å². The van der Waals surface area contributed by atoms with E-state index in [-0.39, 0.29) is 23.0 Å². The van der Waals surface area contributed by atoms with Gasteiger partial charge in [-0.05, 0) is 25.5 Å². The van der Waals surface area contributed by atoms with Gasteiger partial charge in [0, 0.05) is 19.1 Å². The van der Waals surface area contributed by atoms with Gasteiger partial charge in [-0.2, -0.15) is 4.98 Å². The van der Waals surface area contributed by atoms with Crippen LogP contribution in [0.15, 0.2) is 16.7 Å². The van der Waals surface area contributed by atoms with Crippen LogP contribution in [-0.2, 0) is 4.74 Å². The van der Waals surface area contributed by atoms with Crippen LogP contribution in [0.1, 0.15) is 34.6 Å². The Morgan fingerprint density at radius 1 is 1.42 bits per heavy atom. The van der Waals surface area contributed by atoms with Crippen molar-refractivity contribution in [2.75, 3.05) is 13.2 Å². The predicted octanol–water partition coefficient (Wildman–Crippen LogP) is 2.82. The maximum absolute atomic E-state index is 13.3. The highest BCUT2D eigenvalue weighted by Crippen LogP contribution is 2.33. The molecule has 9 heteroatoms.